The maximum atomic E-state index is 9.37. The van der Waals surface area contributed by atoms with E-state index >= 15 is 0 Å². The largest absolute Gasteiger partial charge is 0.394 e. The molecular weight excluding hydrogens is 228 g/mol. The molecule has 1 saturated heterocycles. The maximum Gasteiger partial charge on any atom is 0.0897 e. The topological polar surface area (TPSA) is 46.9 Å². The molecule has 0 aliphatic carbocycles. The smallest absolute Gasteiger partial charge is 0.0897 e. The van der Waals surface area contributed by atoms with Gasteiger partial charge in [-0.15, -0.1) is 0 Å². The molecule has 18 heavy (non-hydrogen) atoms. The van der Waals surface area contributed by atoms with Crippen LogP contribution in [0.5, 0.6) is 0 Å². The number of hydrogen-bond donors (Lipinski definition) is 2. The third-order valence-electron chi connectivity index (χ3n) is 3.00. The fourth-order valence-electron chi connectivity index (χ4n) is 1.94. The number of piperazine rings is 1. The number of aliphatic hydroxyl groups is 2. The summed E-state index contributed by atoms with van der Waals surface area (Å²) in [5, 5.41) is 18.2. The van der Waals surface area contributed by atoms with Crippen LogP contribution in [-0.2, 0) is 0 Å². The zero-order chi connectivity index (χ0) is 13.2. The summed E-state index contributed by atoms with van der Waals surface area (Å²) in [6.07, 6.45) is 9.20. The minimum Gasteiger partial charge on any atom is -0.394 e. The van der Waals surface area contributed by atoms with Gasteiger partial charge < -0.3 is 10.2 Å². The van der Waals surface area contributed by atoms with Gasteiger partial charge in [-0.2, -0.15) is 0 Å². The predicted octanol–water partition coefficient (Wildman–Crippen LogP) is 0.256. The Morgan fingerprint density at radius 2 is 1.72 bits per heavy atom. The average molecular weight is 252 g/mol. The molecule has 1 heterocycles. The molecule has 0 aromatic heterocycles. The second-order valence-corrected chi connectivity index (χ2v) is 4.49. The van der Waals surface area contributed by atoms with Crippen LogP contribution in [0.3, 0.4) is 0 Å². The Hall–Kier alpha value is -0.940. The van der Waals surface area contributed by atoms with Gasteiger partial charge in [-0.3, -0.25) is 9.80 Å². The third kappa shape index (κ3) is 6.12. The molecule has 102 valence electrons. The van der Waals surface area contributed by atoms with E-state index in [9.17, 15) is 5.11 Å². The van der Waals surface area contributed by atoms with Crippen LogP contribution in [0.25, 0.3) is 0 Å². The van der Waals surface area contributed by atoms with Crippen LogP contribution < -0.4 is 0 Å². The van der Waals surface area contributed by atoms with E-state index in [-0.39, 0.29) is 6.61 Å². The number of rotatable bonds is 7. The Balaban J connectivity index is 2.17. The lowest BCUT2D eigenvalue weighted by Crippen LogP contribution is -2.48. The van der Waals surface area contributed by atoms with Crippen molar-refractivity contribution in [3.63, 3.8) is 0 Å². The Morgan fingerprint density at radius 3 is 2.33 bits per heavy atom. The molecule has 1 unspecified atom stereocenters. The van der Waals surface area contributed by atoms with Gasteiger partial charge in [0.25, 0.3) is 0 Å². The Morgan fingerprint density at radius 1 is 1.06 bits per heavy atom. The third-order valence-corrected chi connectivity index (χ3v) is 3.00. The molecule has 4 heteroatoms. The standard InChI is InChI=1S/C14H24N2O2/c1-2-3-4-5-6-7-15-8-10-16(11-9-15)12-14(18)13-17/h2-6,14,17-18H,1,7-13H2/b4-3-,6-5-. The highest BCUT2D eigenvalue weighted by Gasteiger charge is 2.17. The van der Waals surface area contributed by atoms with Crippen molar-refractivity contribution in [1.29, 1.82) is 0 Å². The molecule has 0 saturated carbocycles. The molecule has 1 rings (SSSR count). The summed E-state index contributed by atoms with van der Waals surface area (Å²) >= 11 is 0. The first-order valence-electron chi connectivity index (χ1n) is 6.44. The number of hydrogen-bond acceptors (Lipinski definition) is 4. The van der Waals surface area contributed by atoms with E-state index in [0.29, 0.717) is 6.54 Å². The molecule has 0 spiro atoms. The Labute approximate surface area is 110 Å². The van der Waals surface area contributed by atoms with Crippen molar-refractivity contribution < 1.29 is 10.2 Å². The molecular formula is C14H24N2O2. The zero-order valence-electron chi connectivity index (χ0n) is 10.9. The normalized spacial score (nSPS) is 20.8. The van der Waals surface area contributed by atoms with Crippen LogP contribution >= 0.6 is 0 Å². The molecule has 0 aromatic rings. The Kier molecular flexibility index (Phi) is 7.60. The van der Waals surface area contributed by atoms with Gasteiger partial charge in [-0.1, -0.05) is 37.0 Å². The highest BCUT2D eigenvalue weighted by atomic mass is 16.3. The van der Waals surface area contributed by atoms with Crippen LogP contribution in [0.1, 0.15) is 0 Å². The monoisotopic (exact) mass is 252 g/mol. The van der Waals surface area contributed by atoms with E-state index in [4.69, 9.17) is 5.11 Å². The van der Waals surface area contributed by atoms with Crippen molar-refractivity contribution in [3.05, 3.63) is 37.0 Å². The second-order valence-electron chi connectivity index (χ2n) is 4.49. The molecule has 0 aromatic carbocycles. The fraction of sp³-hybridized carbons (Fsp3) is 0.571. The molecule has 4 nitrogen and oxygen atoms in total. The van der Waals surface area contributed by atoms with E-state index in [1.807, 2.05) is 18.2 Å². The average Bonchev–Trinajstić information content (AvgIpc) is 2.40. The molecule has 1 aliphatic heterocycles. The zero-order valence-corrected chi connectivity index (χ0v) is 10.9. The van der Waals surface area contributed by atoms with Gasteiger partial charge in [-0.25, -0.2) is 0 Å². The number of nitrogens with zero attached hydrogens (tertiary/aromatic N) is 2. The summed E-state index contributed by atoms with van der Waals surface area (Å²) in [6.45, 7) is 8.90. The minimum absolute atomic E-state index is 0.154. The first kappa shape index (κ1) is 15.1. The summed E-state index contributed by atoms with van der Waals surface area (Å²) in [4.78, 5) is 4.57. The first-order chi connectivity index (χ1) is 8.76. The van der Waals surface area contributed by atoms with E-state index in [0.717, 1.165) is 32.7 Å². The first-order valence-corrected chi connectivity index (χ1v) is 6.44. The molecule has 1 aliphatic rings. The van der Waals surface area contributed by atoms with Crippen LogP contribution in [0.15, 0.2) is 37.0 Å². The van der Waals surface area contributed by atoms with Gasteiger partial charge >= 0.3 is 0 Å². The SMILES string of the molecule is C=C/C=C\C=C/CN1CCN(CC(O)CO)CC1. The van der Waals surface area contributed by atoms with E-state index in [1.54, 1.807) is 6.08 Å². The molecule has 0 amide bonds. The van der Waals surface area contributed by atoms with Crippen LogP contribution in [-0.4, -0.2) is 72.0 Å². The second kappa shape index (κ2) is 9.05. The number of allylic oxidation sites excluding steroid dienone is 4. The fourth-order valence-corrected chi connectivity index (χ4v) is 1.94. The van der Waals surface area contributed by atoms with Gasteiger partial charge in [-0.05, 0) is 0 Å². The number of β-amino-alcohol motifs (C(OH)–C–C–N with tert-alkyl or cyclic N) is 1. The van der Waals surface area contributed by atoms with Crippen LogP contribution in [0, 0.1) is 0 Å². The summed E-state index contributed by atoms with van der Waals surface area (Å²) < 4.78 is 0. The van der Waals surface area contributed by atoms with Crippen molar-refractivity contribution in [1.82, 2.24) is 9.80 Å². The van der Waals surface area contributed by atoms with Gasteiger partial charge in [0.1, 0.15) is 0 Å². The quantitative estimate of drug-likeness (QED) is 0.638. The Bertz CT molecular complexity index is 282. The summed E-state index contributed by atoms with van der Waals surface area (Å²) in [7, 11) is 0. The van der Waals surface area contributed by atoms with E-state index in [1.165, 1.54) is 0 Å². The van der Waals surface area contributed by atoms with Gasteiger partial charge in [0.15, 0.2) is 0 Å². The van der Waals surface area contributed by atoms with Crippen molar-refractivity contribution in [2.24, 2.45) is 0 Å². The lowest BCUT2D eigenvalue weighted by Gasteiger charge is -2.34. The lowest BCUT2D eigenvalue weighted by atomic mass is 10.2. The van der Waals surface area contributed by atoms with Crippen molar-refractivity contribution >= 4 is 0 Å². The lowest BCUT2D eigenvalue weighted by molar-refractivity contribution is 0.0414. The number of aliphatic hydroxyl groups excluding tert-OH is 2. The summed E-state index contributed by atoms with van der Waals surface area (Å²) in [6, 6.07) is 0. The van der Waals surface area contributed by atoms with Gasteiger partial charge in [0.2, 0.25) is 0 Å². The van der Waals surface area contributed by atoms with E-state index in [2.05, 4.69) is 22.5 Å². The molecule has 2 N–H and O–H groups in total. The van der Waals surface area contributed by atoms with Crippen molar-refractivity contribution in [2.75, 3.05) is 45.9 Å². The molecule has 1 fully saturated rings. The van der Waals surface area contributed by atoms with E-state index < -0.39 is 6.10 Å². The predicted molar refractivity (Wildman–Crippen MR) is 74.4 cm³/mol. The summed E-state index contributed by atoms with van der Waals surface area (Å²) in [5.41, 5.74) is 0. The van der Waals surface area contributed by atoms with Crippen LogP contribution in [0.2, 0.25) is 0 Å². The highest BCUT2D eigenvalue weighted by molar-refractivity contribution is 5.09. The molecule has 1 atom stereocenters. The van der Waals surface area contributed by atoms with Crippen LogP contribution in [0.4, 0.5) is 0 Å². The van der Waals surface area contributed by atoms with Crippen molar-refractivity contribution in [3.8, 4) is 0 Å². The minimum atomic E-state index is -0.611. The van der Waals surface area contributed by atoms with Gasteiger partial charge in [0.05, 0.1) is 12.7 Å². The highest BCUT2D eigenvalue weighted by Crippen LogP contribution is 2.02. The maximum absolute atomic E-state index is 9.37. The molecule has 0 radical (unpaired) electrons. The van der Waals surface area contributed by atoms with Crippen molar-refractivity contribution in [2.45, 2.75) is 6.10 Å². The summed E-state index contributed by atoms with van der Waals surface area (Å²) in [5.74, 6) is 0. The van der Waals surface area contributed by atoms with Gasteiger partial charge in [0, 0.05) is 39.3 Å². The molecule has 0 bridgehead atoms.